The van der Waals surface area contributed by atoms with Gasteiger partial charge in [0, 0.05) is 17.3 Å². The maximum atomic E-state index is 3.90. The summed E-state index contributed by atoms with van der Waals surface area (Å²) >= 11 is 0. The lowest BCUT2D eigenvalue weighted by atomic mass is 10.0. The van der Waals surface area contributed by atoms with Gasteiger partial charge in [-0.2, -0.15) is 0 Å². The molecular weight excluding hydrogens is 134 g/mol. The first kappa shape index (κ1) is 6.71. The predicted octanol–water partition coefficient (Wildman–Crippen LogP) is 2.34. The SMILES string of the molecule is C=C1C=CNC(C2(C)CC2)=C1. The minimum absolute atomic E-state index is 0.438. The molecule has 1 nitrogen and oxygen atoms in total. The zero-order valence-corrected chi connectivity index (χ0v) is 6.85. The highest BCUT2D eigenvalue weighted by atomic mass is 14.9. The summed E-state index contributed by atoms with van der Waals surface area (Å²) in [5.41, 5.74) is 2.88. The quantitative estimate of drug-likeness (QED) is 0.600. The van der Waals surface area contributed by atoms with Gasteiger partial charge < -0.3 is 5.32 Å². The van der Waals surface area contributed by atoms with E-state index in [1.807, 2.05) is 12.3 Å². The summed E-state index contributed by atoms with van der Waals surface area (Å²) in [4.78, 5) is 0. The van der Waals surface area contributed by atoms with Crippen LogP contribution in [0.1, 0.15) is 19.8 Å². The van der Waals surface area contributed by atoms with Crippen LogP contribution >= 0.6 is 0 Å². The molecule has 1 heteroatoms. The normalized spacial score (nSPS) is 25.9. The summed E-state index contributed by atoms with van der Waals surface area (Å²) in [6.45, 7) is 6.19. The van der Waals surface area contributed by atoms with Crippen molar-refractivity contribution in [3.63, 3.8) is 0 Å². The van der Waals surface area contributed by atoms with E-state index in [9.17, 15) is 0 Å². The number of allylic oxidation sites excluding steroid dienone is 4. The highest BCUT2D eigenvalue weighted by molar-refractivity contribution is 5.38. The molecule has 0 aromatic carbocycles. The van der Waals surface area contributed by atoms with Crippen LogP contribution in [0.2, 0.25) is 0 Å². The van der Waals surface area contributed by atoms with Crippen molar-refractivity contribution in [2.45, 2.75) is 19.8 Å². The van der Waals surface area contributed by atoms with Crippen LogP contribution in [0.15, 0.2) is 36.2 Å². The maximum absolute atomic E-state index is 3.90. The van der Waals surface area contributed by atoms with Gasteiger partial charge in [0.25, 0.3) is 0 Å². The van der Waals surface area contributed by atoms with Gasteiger partial charge in [0.05, 0.1) is 0 Å². The van der Waals surface area contributed by atoms with E-state index in [1.54, 1.807) is 0 Å². The van der Waals surface area contributed by atoms with Gasteiger partial charge in [0.15, 0.2) is 0 Å². The van der Waals surface area contributed by atoms with E-state index in [2.05, 4.69) is 24.9 Å². The van der Waals surface area contributed by atoms with Crippen LogP contribution in [0.3, 0.4) is 0 Å². The predicted molar refractivity (Wildman–Crippen MR) is 46.8 cm³/mol. The average Bonchev–Trinajstić information content (AvgIpc) is 2.70. The van der Waals surface area contributed by atoms with Crippen LogP contribution in [-0.2, 0) is 0 Å². The summed E-state index contributed by atoms with van der Waals surface area (Å²) in [5.74, 6) is 0. The highest BCUT2D eigenvalue weighted by Crippen LogP contribution is 2.50. The molecule has 1 fully saturated rings. The van der Waals surface area contributed by atoms with Gasteiger partial charge in [0.2, 0.25) is 0 Å². The molecule has 0 amide bonds. The zero-order valence-electron chi connectivity index (χ0n) is 6.85. The van der Waals surface area contributed by atoms with E-state index in [4.69, 9.17) is 0 Å². The van der Waals surface area contributed by atoms with Crippen LogP contribution in [0, 0.1) is 5.41 Å². The molecule has 11 heavy (non-hydrogen) atoms. The molecule has 0 atom stereocenters. The third-order valence-electron chi connectivity index (χ3n) is 2.52. The molecule has 1 aliphatic carbocycles. The molecule has 2 rings (SSSR count). The minimum atomic E-state index is 0.438. The number of hydrogen-bond donors (Lipinski definition) is 1. The fourth-order valence-corrected chi connectivity index (χ4v) is 1.32. The van der Waals surface area contributed by atoms with Crippen molar-refractivity contribution in [3.05, 3.63) is 36.2 Å². The summed E-state index contributed by atoms with van der Waals surface area (Å²) in [7, 11) is 0. The Balaban J connectivity index is 2.21. The second kappa shape index (κ2) is 2.00. The fourth-order valence-electron chi connectivity index (χ4n) is 1.32. The molecule has 1 saturated carbocycles. The first-order valence-electron chi connectivity index (χ1n) is 4.05. The van der Waals surface area contributed by atoms with Crippen LogP contribution in [0.5, 0.6) is 0 Å². The Kier molecular flexibility index (Phi) is 1.22. The lowest BCUT2D eigenvalue weighted by Crippen LogP contribution is -2.16. The molecule has 1 N–H and O–H groups in total. The molecule has 0 radical (unpaired) electrons. The molecule has 2 aliphatic rings. The van der Waals surface area contributed by atoms with Gasteiger partial charge in [-0.25, -0.2) is 0 Å². The van der Waals surface area contributed by atoms with Crippen molar-refractivity contribution >= 4 is 0 Å². The lowest BCUT2D eigenvalue weighted by molar-refractivity contribution is 0.640. The smallest absolute Gasteiger partial charge is 0.0212 e. The first-order valence-corrected chi connectivity index (χ1v) is 4.05. The summed E-state index contributed by atoms with van der Waals surface area (Å²) in [6, 6.07) is 0. The van der Waals surface area contributed by atoms with Gasteiger partial charge in [-0.3, -0.25) is 0 Å². The van der Waals surface area contributed by atoms with Crippen molar-refractivity contribution in [2.24, 2.45) is 5.41 Å². The molecule has 0 aromatic heterocycles. The van der Waals surface area contributed by atoms with Crippen molar-refractivity contribution in [1.82, 2.24) is 5.32 Å². The number of nitrogens with one attached hydrogen (secondary N) is 1. The number of dihydropyridines is 1. The van der Waals surface area contributed by atoms with E-state index in [-0.39, 0.29) is 0 Å². The van der Waals surface area contributed by atoms with E-state index >= 15 is 0 Å². The second-order valence-electron chi connectivity index (χ2n) is 3.67. The van der Waals surface area contributed by atoms with Crippen LogP contribution in [0.25, 0.3) is 0 Å². The van der Waals surface area contributed by atoms with Crippen LogP contribution < -0.4 is 5.32 Å². The molecule has 0 saturated heterocycles. The van der Waals surface area contributed by atoms with Crippen LogP contribution in [-0.4, -0.2) is 0 Å². The van der Waals surface area contributed by atoms with Gasteiger partial charge >= 0.3 is 0 Å². The summed E-state index contributed by atoms with van der Waals surface area (Å²) < 4.78 is 0. The molecule has 0 spiro atoms. The molecular formula is C10H13N. The van der Waals surface area contributed by atoms with E-state index in [0.717, 1.165) is 5.57 Å². The molecule has 58 valence electrons. The Morgan fingerprint density at radius 2 is 2.27 bits per heavy atom. The van der Waals surface area contributed by atoms with Gasteiger partial charge in [-0.05, 0) is 30.6 Å². The first-order chi connectivity index (χ1) is 5.21. The Bertz CT molecular complexity index is 254. The van der Waals surface area contributed by atoms with Crippen molar-refractivity contribution in [1.29, 1.82) is 0 Å². The third-order valence-corrected chi connectivity index (χ3v) is 2.52. The van der Waals surface area contributed by atoms with Crippen LogP contribution in [0.4, 0.5) is 0 Å². The largest absolute Gasteiger partial charge is 0.365 e. The number of hydrogen-bond acceptors (Lipinski definition) is 1. The standard InChI is InChI=1S/C10H13N/c1-8-3-6-11-9(7-8)10(2)4-5-10/h3,6-7,11H,1,4-5H2,2H3. The molecule has 1 heterocycles. The molecule has 0 aromatic rings. The Labute approximate surface area is 67.5 Å². The third kappa shape index (κ3) is 1.11. The zero-order chi connectivity index (χ0) is 7.90. The van der Waals surface area contributed by atoms with Crippen molar-refractivity contribution in [3.8, 4) is 0 Å². The fraction of sp³-hybridized carbons (Fsp3) is 0.400. The summed E-state index contributed by atoms with van der Waals surface area (Å²) in [5, 5.41) is 3.27. The number of rotatable bonds is 1. The summed E-state index contributed by atoms with van der Waals surface area (Å²) in [6.07, 6.45) is 8.74. The van der Waals surface area contributed by atoms with Gasteiger partial charge in [-0.15, -0.1) is 0 Å². The Morgan fingerprint density at radius 1 is 1.55 bits per heavy atom. The molecule has 1 aliphatic heterocycles. The Morgan fingerprint density at radius 3 is 2.82 bits per heavy atom. The lowest BCUT2D eigenvalue weighted by Gasteiger charge is -2.17. The van der Waals surface area contributed by atoms with E-state index in [0.29, 0.717) is 5.41 Å². The van der Waals surface area contributed by atoms with E-state index in [1.165, 1.54) is 18.5 Å². The Hall–Kier alpha value is -0.980. The monoisotopic (exact) mass is 147 g/mol. The average molecular weight is 147 g/mol. The molecule has 0 bridgehead atoms. The topological polar surface area (TPSA) is 12.0 Å². The highest BCUT2D eigenvalue weighted by Gasteiger charge is 2.41. The minimum Gasteiger partial charge on any atom is -0.365 e. The maximum Gasteiger partial charge on any atom is 0.0212 e. The molecule has 0 unspecified atom stereocenters. The van der Waals surface area contributed by atoms with E-state index < -0.39 is 0 Å². The van der Waals surface area contributed by atoms with Gasteiger partial charge in [-0.1, -0.05) is 13.5 Å². The second-order valence-corrected chi connectivity index (χ2v) is 3.67. The van der Waals surface area contributed by atoms with Crippen molar-refractivity contribution in [2.75, 3.05) is 0 Å². The van der Waals surface area contributed by atoms with Gasteiger partial charge in [0.1, 0.15) is 0 Å². The van der Waals surface area contributed by atoms with Crippen molar-refractivity contribution < 1.29 is 0 Å².